The van der Waals surface area contributed by atoms with Crippen molar-refractivity contribution in [1.29, 1.82) is 0 Å². The number of benzene rings is 5. The number of nitrogens with one attached hydrogen (secondary N) is 1. The lowest BCUT2D eigenvalue weighted by molar-refractivity contribution is -0.134. The molecule has 1 N–H and O–H groups in total. The zero-order valence-electron chi connectivity index (χ0n) is 25.6. The number of carbonyl (C=O) groups is 1. The molecule has 5 aromatic carbocycles. The molecule has 234 valence electrons. The third kappa shape index (κ3) is 6.99. The fraction of sp³-hybridized carbons (Fsp3) is 0.108. The van der Waals surface area contributed by atoms with Gasteiger partial charge in [0.15, 0.2) is 0 Å². The van der Waals surface area contributed by atoms with Gasteiger partial charge in [0, 0.05) is 6.42 Å². The number of ether oxygens (including phenoxy) is 2. The summed E-state index contributed by atoms with van der Waals surface area (Å²) in [6, 6.07) is 45.0. The van der Waals surface area contributed by atoms with E-state index in [9.17, 15) is 13.2 Å². The van der Waals surface area contributed by atoms with Gasteiger partial charge < -0.3 is 9.47 Å². The third-order valence-electron chi connectivity index (χ3n) is 7.46. The van der Waals surface area contributed by atoms with Crippen LogP contribution in [0.4, 0.5) is 0 Å². The average Bonchev–Trinajstić information content (AvgIpc) is 3.11. The Hall–Kier alpha value is -4.91. The minimum atomic E-state index is -4.01. The Labute approximate surface area is 270 Å². The highest BCUT2D eigenvalue weighted by Gasteiger charge is 2.34. The monoisotopic (exact) mass is 650 g/mol. The fourth-order valence-corrected chi connectivity index (χ4v) is 10.6. The molecule has 0 bridgehead atoms. The van der Waals surface area contributed by atoms with Crippen molar-refractivity contribution in [2.75, 3.05) is 13.7 Å². The van der Waals surface area contributed by atoms with Gasteiger partial charge in [-0.25, -0.2) is 4.79 Å². The van der Waals surface area contributed by atoms with Gasteiger partial charge in [-0.3, -0.25) is 0 Å². The molecule has 46 heavy (non-hydrogen) atoms. The molecule has 0 fully saturated rings. The summed E-state index contributed by atoms with van der Waals surface area (Å²) in [5.74, 6) is 0.154. The molecule has 0 amide bonds. The zero-order chi connectivity index (χ0) is 32.4. The number of nitrogens with zero attached hydrogens (tertiary/aromatic N) is 1. The van der Waals surface area contributed by atoms with Crippen molar-refractivity contribution in [2.45, 2.75) is 18.2 Å². The van der Waals surface area contributed by atoms with Crippen molar-refractivity contribution in [3.05, 3.63) is 151 Å². The van der Waals surface area contributed by atoms with E-state index in [0.29, 0.717) is 22.3 Å². The van der Waals surface area contributed by atoms with E-state index in [1.165, 1.54) is 12.1 Å². The summed E-state index contributed by atoms with van der Waals surface area (Å²) in [5.41, 5.74) is 0.961. The molecular weight excluding hydrogens is 615 g/mol. The highest BCUT2D eigenvalue weighted by Crippen LogP contribution is 2.47. The summed E-state index contributed by atoms with van der Waals surface area (Å²) in [6.07, 6.45) is -0.00503. The second-order valence-corrected chi connectivity index (χ2v) is 15.3. The van der Waals surface area contributed by atoms with Crippen molar-refractivity contribution >= 4 is 49.8 Å². The Morgan fingerprint density at radius 1 is 0.696 bits per heavy atom. The molecule has 0 aromatic heterocycles. The summed E-state index contributed by atoms with van der Waals surface area (Å²) >= 11 is 0. The Kier molecular flexibility index (Phi) is 10.5. The van der Waals surface area contributed by atoms with E-state index in [1.54, 1.807) is 56.5 Å². The number of esters is 1. The maximum absolute atomic E-state index is 14.4. The van der Waals surface area contributed by atoms with Crippen LogP contribution < -0.4 is 25.5 Å². The molecule has 0 heterocycles. The van der Waals surface area contributed by atoms with Gasteiger partial charge in [0.1, 0.15) is 5.75 Å². The molecule has 5 rings (SSSR count). The lowest BCUT2D eigenvalue weighted by Crippen LogP contribution is -2.36. The number of hydrogen-bond donors (Lipinski definition) is 1. The summed E-state index contributed by atoms with van der Waals surface area (Å²) in [4.78, 5) is 16.9. The van der Waals surface area contributed by atoms with Gasteiger partial charge in [0.05, 0.1) is 29.6 Å². The van der Waals surface area contributed by atoms with Crippen LogP contribution in [0.3, 0.4) is 0 Å². The largest absolute Gasteiger partial charge is 0.497 e. The Bertz CT molecular complexity index is 1850. The third-order valence-corrected chi connectivity index (χ3v) is 13.1. The van der Waals surface area contributed by atoms with Crippen molar-refractivity contribution in [2.24, 2.45) is 5.10 Å². The van der Waals surface area contributed by atoms with Gasteiger partial charge in [-0.2, -0.15) is 18.4 Å². The molecule has 0 atom stereocenters. The zero-order valence-corrected chi connectivity index (χ0v) is 27.3. The Morgan fingerprint density at radius 2 is 1.15 bits per heavy atom. The Morgan fingerprint density at radius 3 is 1.59 bits per heavy atom. The molecule has 0 aliphatic heterocycles. The molecule has 7 nitrogen and oxygen atoms in total. The van der Waals surface area contributed by atoms with E-state index in [4.69, 9.17) is 9.47 Å². The molecule has 0 aliphatic rings. The SMILES string of the molecule is CCOC(=O)C(C/C(=N/NS(=O)(=O)c1ccccc1)c1ccc(OC)cc1)=P(c1ccccc1)(c1ccccc1)c1ccccc1. The molecule has 0 saturated heterocycles. The van der Waals surface area contributed by atoms with Gasteiger partial charge in [0.2, 0.25) is 0 Å². The van der Waals surface area contributed by atoms with Crippen LogP contribution in [0.25, 0.3) is 0 Å². The number of rotatable bonds is 12. The van der Waals surface area contributed by atoms with Crippen molar-refractivity contribution in [3.63, 3.8) is 0 Å². The summed E-state index contributed by atoms with van der Waals surface area (Å²) < 4.78 is 37.8. The van der Waals surface area contributed by atoms with E-state index in [-0.39, 0.29) is 17.9 Å². The van der Waals surface area contributed by atoms with Crippen LogP contribution in [-0.4, -0.2) is 39.1 Å². The summed E-state index contributed by atoms with van der Waals surface area (Å²) in [7, 11) is -2.44. The number of carbonyl (C=O) groups excluding carboxylic acids is 1. The lowest BCUT2D eigenvalue weighted by Gasteiger charge is -2.32. The van der Waals surface area contributed by atoms with Gasteiger partial charge >= 0.3 is 5.97 Å². The van der Waals surface area contributed by atoms with Gasteiger partial charge in [-0.05, 0) is 71.7 Å². The molecule has 9 heteroatoms. The maximum atomic E-state index is 14.4. The van der Waals surface area contributed by atoms with E-state index < -0.39 is 22.9 Å². The molecule has 0 spiro atoms. The van der Waals surface area contributed by atoms with Crippen LogP contribution in [0, 0.1) is 0 Å². The lowest BCUT2D eigenvalue weighted by atomic mass is 10.1. The van der Waals surface area contributed by atoms with Gasteiger partial charge in [-0.1, -0.05) is 109 Å². The van der Waals surface area contributed by atoms with Crippen LogP contribution in [0.1, 0.15) is 18.9 Å². The first-order valence-electron chi connectivity index (χ1n) is 14.8. The van der Waals surface area contributed by atoms with E-state index in [0.717, 1.165) is 15.9 Å². The smallest absolute Gasteiger partial charge is 0.335 e. The molecule has 5 aromatic rings. The summed E-state index contributed by atoms with van der Waals surface area (Å²) in [5, 5.41) is 7.84. The predicted octanol–water partition coefficient (Wildman–Crippen LogP) is 5.50. The standard InChI is InChI=1S/C37H35N2O5PS/c1-3-44-37(40)36(45(31-16-8-4-9-17-31,32-18-10-5-11-19-32)33-20-12-6-13-21-33)28-35(29-24-26-30(43-2)27-25-29)38-39-46(41,42)34-22-14-7-15-23-34/h4-27,39H,3,28H2,1-2H3/b38-35-. The molecule has 0 radical (unpaired) electrons. The number of sulfonamides is 1. The highest BCUT2D eigenvalue weighted by atomic mass is 32.2. The molecule has 0 saturated carbocycles. The van der Waals surface area contributed by atoms with E-state index >= 15 is 0 Å². The van der Waals surface area contributed by atoms with Crippen LogP contribution >= 0.6 is 6.89 Å². The second-order valence-electron chi connectivity index (χ2n) is 10.2. The fourth-order valence-electron chi connectivity index (χ4n) is 5.33. The van der Waals surface area contributed by atoms with E-state index in [1.807, 2.05) is 91.0 Å². The number of methoxy groups -OCH3 is 1. The molecular formula is C37H35N2O5PS. The Balaban J connectivity index is 1.85. The van der Waals surface area contributed by atoms with Crippen molar-refractivity contribution in [3.8, 4) is 5.75 Å². The minimum Gasteiger partial charge on any atom is -0.497 e. The quantitative estimate of drug-likeness (QED) is 0.0834. The predicted molar refractivity (Wildman–Crippen MR) is 188 cm³/mol. The van der Waals surface area contributed by atoms with Crippen molar-refractivity contribution in [1.82, 2.24) is 4.83 Å². The van der Waals surface area contributed by atoms with Crippen molar-refractivity contribution < 1.29 is 22.7 Å². The maximum Gasteiger partial charge on any atom is 0.335 e. The first-order valence-corrected chi connectivity index (χ1v) is 18.0. The number of hydrazone groups is 1. The van der Waals surface area contributed by atoms with Crippen LogP contribution in [0.2, 0.25) is 0 Å². The average molecular weight is 651 g/mol. The second kappa shape index (κ2) is 14.9. The first-order chi connectivity index (χ1) is 22.4. The van der Waals surface area contributed by atoms with Gasteiger partial charge in [-0.15, -0.1) is 0 Å². The minimum absolute atomic E-state index is 0.00503. The van der Waals surface area contributed by atoms with E-state index in [2.05, 4.69) is 9.93 Å². The normalized spacial score (nSPS) is 11.8. The van der Waals surface area contributed by atoms with Crippen LogP contribution in [-0.2, 0) is 19.6 Å². The van der Waals surface area contributed by atoms with Gasteiger partial charge in [0.25, 0.3) is 10.0 Å². The number of hydrogen-bond acceptors (Lipinski definition) is 6. The van der Waals surface area contributed by atoms with Crippen LogP contribution in [0.15, 0.2) is 156 Å². The highest BCUT2D eigenvalue weighted by molar-refractivity contribution is 7.96. The molecule has 0 unspecified atom stereocenters. The first kappa shape index (κ1) is 32.5. The molecule has 0 aliphatic carbocycles. The topological polar surface area (TPSA) is 94.1 Å². The summed E-state index contributed by atoms with van der Waals surface area (Å²) in [6.45, 7) is -0.965. The van der Waals surface area contributed by atoms with Crippen LogP contribution in [0.5, 0.6) is 5.75 Å².